The highest BCUT2D eigenvalue weighted by molar-refractivity contribution is 7.13. The van der Waals surface area contributed by atoms with Gasteiger partial charge >= 0.3 is 0 Å². The van der Waals surface area contributed by atoms with Crippen molar-refractivity contribution in [1.29, 1.82) is 0 Å². The summed E-state index contributed by atoms with van der Waals surface area (Å²) in [5.41, 5.74) is 2.55. The normalized spacial score (nSPS) is 10.4. The number of ether oxygens (including phenoxy) is 1. The Balaban J connectivity index is 2.44. The highest BCUT2D eigenvalue weighted by atomic mass is 32.1. The molecule has 1 N–H and O–H groups in total. The molecule has 0 aliphatic rings. The van der Waals surface area contributed by atoms with Crippen molar-refractivity contribution in [3.05, 3.63) is 41.3 Å². The van der Waals surface area contributed by atoms with E-state index < -0.39 is 0 Å². The third-order valence-corrected chi connectivity index (χ3v) is 3.37. The molecule has 1 heterocycles. The Morgan fingerprint density at radius 3 is 2.81 bits per heavy atom. The standard InChI is InChI=1S/C13H15NOS/c1-14-9-10-8-11(15-2)5-6-12(10)13-4-3-7-16-13/h3-8,14H,9H2,1-2H3. The predicted octanol–water partition coefficient (Wildman–Crippen LogP) is 3.14. The summed E-state index contributed by atoms with van der Waals surface area (Å²) < 4.78 is 5.25. The van der Waals surface area contributed by atoms with Crippen molar-refractivity contribution in [3.63, 3.8) is 0 Å². The molecule has 84 valence electrons. The van der Waals surface area contributed by atoms with E-state index in [0.717, 1.165) is 12.3 Å². The van der Waals surface area contributed by atoms with Crippen LogP contribution >= 0.6 is 11.3 Å². The molecule has 16 heavy (non-hydrogen) atoms. The van der Waals surface area contributed by atoms with E-state index in [1.165, 1.54) is 16.0 Å². The van der Waals surface area contributed by atoms with Gasteiger partial charge in [-0.15, -0.1) is 11.3 Å². The smallest absolute Gasteiger partial charge is 0.119 e. The third-order valence-electron chi connectivity index (χ3n) is 2.47. The average Bonchev–Trinajstić information content (AvgIpc) is 2.83. The lowest BCUT2D eigenvalue weighted by Crippen LogP contribution is -2.06. The van der Waals surface area contributed by atoms with Crippen molar-refractivity contribution in [2.45, 2.75) is 6.54 Å². The van der Waals surface area contributed by atoms with Gasteiger partial charge in [0.25, 0.3) is 0 Å². The van der Waals surface area contributed by atoms with Gasteiger partial charge in [0.1, 0.15) is 5.75 Å². The lowest BCUT2D eigenvalue weighted by atomic mass is 10.1. The van der Waals surface area contributed by atoms with E-state index in [1.807, 2.05) is 13.1 Å². The van der Waals surface area contributed by atoms with Crippen LogP contribution in [0.2, 0.25) is 0 Å². The number of hydrogen-bond acceptors (Lipinski definition) is 3. The third kappa shape index (κ3) is 2.26. The van der Waals surface area contributed by atoms with Crippen molar-refractivity contribution in [3.8, 4) is 16.2 Å². The number of nitrogens with one attached hydrogen (secondary N) is 1. The summed E-state index contributed by atoms with van der Waals surface area (Å²) in [6.45, 7) is 0.852. The van der Waals surface area contributed by atoms with Crippen LogP contribution in [0.15, 0.2) is 35.7 Å². The first kappa shape index (κ1) is 11.2. The van der Waals surface area contributed by atoms with E-state index in [4.69, 9.17) is 4.74 Å². The number of rotatable bonds is 4. The van der Waals surface area contributed by atoms with Crippen LogP contribution < -0.4 is 10.1 Å². The molecule has 2 aromatic rings. The van der Waals surface area contributed by atoms with Gasteiger partial charge in [-0.05, 0) is 47.8 Å². The van der Waals surface area contributed by atoms with Crippen LogP contribution in [0.4, 0.5) is 0 Å². The first-order valence-electron chi connectivity index (χ1n) is 5.20. The quantitative estimate of drug-likeness (QED) is 0.876. The molecular formula is C13H15NOS. The van der Waals surface area contributed by atoms with Crippen molar-refractivity contribution < 1.29 is 4.74 Å². The molecule has 2 rings (SSSR count). The van der Waals surface area contributed by atoms with Gasteiger partial charge in [-0.3, -0.25) is 0 Å². The Bertz CT molecular complexity index is 451. The van der Waals surface area contributed by atoms with Crippen LogP contribution in [-0.2, 0) is 6.54 Å². The fourth-order valence-corrected chi connectivity index (χ4v) is 2.49. The summed E-state index contributed by atoms with van der Waals surface area (Å²) in [6.07, 6.45) is 0. The zero-order valence-corrected chi connectivity index (χ0v) is 10.3. The molecule has 0 spiro atoms. The van der Waals surface area contributed by atoms with Gasteiger partial charge in [-0.2, -0.15) is 0 Å². The summed E-state index contributed by atoms with van der Waals surface area (Å²) >= 11 is 1.76. The van der Waals surface area contributed by atoms with Gasteiger partial charge in [0.15, 0.2) is 0 Å². The minimum Gasteiger partial charge on any atom is -0.497 e. The lowest BCUT2D eigenvalue weighted by molar-refractivity contribution is 0.414. The van der Waals surface area contributed by atoms with Crippen molar-refractivity contribution >= 4 is 11.3 Å². The number of methoxy groups -OCH3 is 1. The summed E-state index contributed by atoms with van der Waals surface area (Å²) in [4.78, 5) is 1.30. The summed E-state index contributed by atoms with van der Waals surface area (Å²) in [5.74, 6) is 0.908. The zero-order chi connectivity index (χ0) is 11.4. The SMILES string of the molecule is CNCc1cc(OC)ccc1-c1cccs1. The maximum absolute atomic E-state index is 5.25. The zero-order valence-electron chi connectivity index (χ0n) is 9.49. The second kappa shape index (κ2) is 5.14. The molecule has 0 aliphatic heterocycles. The second-order valence-electron chi connectivity index (χ2n) is 3.53. The van der Waals surface area contributed by atoms with E-state index in [9.17, 15) is 0 Å². The molecule has 2 nitrogen and oxygen atoms in total. The number of hydrogen-bond donors (Lipinski definition) is 1. The average molecular weight is 233 g/mol. The molecule has 0 unspecified atom stereocenters. The van der Waals surface area contributed by atoms with Crippen molar-refractivity contribution in [2.24, 2.45) is 0 Å². The molecule has 0 saturated carbocycles. The minimum atomic E-state index is 0.852. The van der Waals surface area contributed by atoms with E-state index in [1.54, 1.807) is 18.4 Å². The molecule has 0 saturated heterocycles. The van der Waals surface area contributed by atoms with Crippen LogP contribution in [0.5, 0.6) is 5.75 Å². The maximum Gasteiger partial charge on any atom is 0.119 e. The fourth-order valence-electron chi connectivity index (χ4n) is 1.71. The number of benzene rings is 1. The minimum absolute atomic E-state index is 0.852. The van der Waals surface area contributed by atoms with E-state index in [2.05, 4.69) is 35.0 Å². The Kier molecular flexibility index (Phi) is 3.59. The molecule has 0 atom stereocenters. The van der Waals surface area contributed by atoms with Gasteiger partial charge < -0.3 is 10.1 Å². The van der Waals surface area contributed by atoms with Crippen LogP contribution in [0.3, 0.4) is 0 Å². The lowest BCUT2D eigenvalue weighted by Gasteiger charge is -2.09. The maximum atomic E-state index is 5.25. The predicted molar refractivity (Wildman–Crippen MR) is 69.1 cm³/mol. The molecule has 3 heteroatoms. The Morgan fingerprint density at radius 2 is 2.19 bits per heavy atom. The molecule has 1 aromatic heterocycles. The Morgan fingerprint density at radius 1 is 1.31 bits per heavy atom. The summed E-state index contributed by atoms with van der Waals surface area (Å²) in [6, 6.07) is 10.4. The largest absolute Gasteiger partial charge is 0.497 e. The topological polar surface area (TPSA) is 21.3 Å². The highest BCUT2D eigenvalue weighted by Gasteiger charge is 2.06. The fraction of sp³-hybridized carbons (Fsp3) is 0.231. The van der Waals surface area contributed by atoms with Crippen LogP contribution in [-0.4, -0.2) is 14.2 Å². The van der Waals surface area contributed by atoms with Crippen LogP contribution in [0.25, 0.3) is 10.4 Å². The van der Waals surface area contributed by atoms with E-state index in [0.29, 0.717) is 0 Å². The molecular weight excluding hydrogens is 218 g/mol. The van der Waals surface area contributed by atoms with Crippen molar-refractivity contribution in [1.82, 2.24) is 5.32 Å². The summed E-state index contributed by atoms with van der Waals surface area (Å²) in [5, 5.41) is 5.29. The summed E-state index contributed by atoms with van der Waals surface area (Å²) in [7, 11) is 3.65. The first-order valence-corrected chi connectivity index (χ1v) is 6.08. The van der Waals surface area contributed by atoms with Crippen molar-refractivity contribution in [2.75, 3.05) is 14.2 Å². The number of thiophene rings is 1. The van der Waals surface area contributed by atoms with E-state index in [-0.39, 0.29) is 0 Å². The highest BCUT2D eigenvalue weighted by Crippen LogP contribution is 2.30. The Hall–Kier alpha value is -1.32. The monoisotopic (exact) mass is 233 g/mol. The second-order valence-corrected chi connectivity index (χ2v) is 4.48. The van der Waals surface area contributed by atoms with Crippen LogP contribution in [0.1, 0.15) is 5.56 Å². The molecule has 0 bridgehead atoms. The van der Waals surface area contributed by atoms with Gasteiger partial charge in [0, 0.05) is 11.4 Å². The molecule has 1 aromatic carbocycles. The van der Waals surface area contributed by atoms with Gasteiger partial charge in [0.2, 0.25) is 0 Å². The molecule has 0 radical (unpaired) electrons. The Labute approximate surface area is 99.9 Å². The molecule has 0 aliphatic carbocycles. The van der Waals surface area contributed by atoms with Gasteiger partial charge in [-0.25, -0.2) is 0 Å². The molecule has 0 fully saturated rings. The van der Waals surface area contributed by atoms with E-state index >= 15 is 0 Å². The van der Waals surface area contributed by atoms with Gasteiger partial charge in [0.05, 0.1) is 7.11 Å². The molecule has 0 amide bonds. The van der Waals surface area contributed by atoms with Gasteiger partial charge in [-0.1, -0.05) is 6.07 Å². The first-order chi connectivity index (χ1) is 7.85. The van der Waals surface area contributed by atoms with Crippen LogP contribution in [0, 0.1) is 0 Å².